The van der Waals surface area contributed by atoms with Gasteiger partial charge in [-0.3, -0.25) is 4.79 Å². The molecule has 0 spiro atoms. The number of amides is 1. The summed E-state index contributed by atoms with van der Waals surface area (Å²) < 4.78 is 44.6. The number of ether oxygens (including phenoxy) is 2. The van der Waals surface area contributed by atoms with Gasteiger partial charge in [0.05, 0.1) is 19.3 Å². The van der Waals surface area contributed by atoms with E-state index in [9.17, 15) is 9.90 Å². The number of pyridine rings is 1. The van der Waals surface area contributed by atoms with Gasteiger partial charge < -0.3 is 29.3 Å². The van der Waals surface area contributed by atoms with E-state index in [-0.39, 0.29) is 80.1 Å². The lowest BCUT2D eigenvalue weighted by Crippen LogP contribution is -2.56. The number of halogens is 2. The van der Waals surface area contributed by atoms with Gasteiger partial charge in [-0.05, 0) is 80.4 Å². The summed E-state index contributed by atoms with van der Waals surface area (Å²) in [6, 6.07) is 5.56. The van der Waals surface area contributed by atoms with Gasteiger partial charge in [0.15, 0.2) is 5.82 Å². The molecule has 3 aliphatic carbocycles. The predicted molar refractivity (Wildman–Crippen MR) is 190 cm³/mol. The van der Waals surface area contributed by atoms with Crippen LogP contribution in [0.5, 0.6) is 17.6 Å². The molecule has 6 aliphatic rings. The minimum absolute atomic E-state index is 0.0129. The number of benzene rings is 2. The summed E-state index contributed by atoms with van der Waals surface area (Å²) in [5.41, 5.74) is -0.216. The molecule has 0 radical (unpaired) electrons. The number of anilines is 1. The number of aromatic hydroxyl groups is 1. The lowest BCUT2D eigenvalue weighted by molar-refractivity contribution is -0.135. The molecule has 10 rings (SSSR count). The molecule has 6 fully saturated rings. The Morgan fingerprint density at radius 3 is 2.44 bits per heavy atom. The average Bonchev–Trinajstić information content (AvgIpc) is 4.09. The number of terminal acetylenes is 1. The fraction of sp³-hybridized carbons (Fsp3) is 0.500. The molecule has 52 heavy (non-hydrogen) atoms. The zero-order valence-electron chi connectivity index (χ0n) is 29.1. The van der Waals surface area contributed by atoms with Crippen LogP contribution in [-0.4, -0.2) is 94.3 Å². The monoisotopic (exact) mass is 706 g/mol. The molecule has 3 saturated carbocycles. The Labute approximate surface area is 300 Å². The zero-order chi connectivity index (χ0) is 35.5. The van der Waals surface area contributed by atoms with Gasteiger partial charge in [0.1, 0.15) is 34.0 Å². The number of hydrogen-bond donors (Lipinski definition) is 1. The first-order valence-electron chi connectivity index (χ1n) is 18.5. The van der Waals surface area contributed by atoms with Gasteiger partial charge in [0, 0.05) is 67.1 Å². The molecule has 1 amide bonds. The predicted octanol–water partition coefficient (Wildman–Crippen LogP) is 5.52. The van der Waals surface area contributed by atoms with Crippen LogP contribution in [0.25, 0.3) is 32.9 Å². The highest BCUT2D eigenvalue weighted by Crippen LogP contribution is 2.51. The second-order valence-electron chi connectivity index (χ2n) is 16.0. The van der Waals surface area contributed by atoms with Crippen LogP contribution in [0.15, 0.2) is 24.3 Å². The van der Waals surface area contributed by atoms with E-state index in [1.165, 1.54) is 37.8 Å². The fourth-order valence-corrected chi connectivity index (χ4v) is 9.29. The second-order valence-corrected chi connectivity index (χ2v) is 16.0. The Hall–Kier alpha value is -4.76. The van der Waals surface area contributed by atoms with Crippen molar-refractivity contribution in [3.63, 3.8) is 0 Å². The summed E-state index contributed by atoms with van der Waals surface area (Å²) in [7, 11) is 1.44. The van der Waals surface area contributed by atoms with Gasteiger partial charge in [-0.2, -0.15) is 9.97 Å². The Bertz CT molecular complexity index is 2190. The number of methoxy groups -OCH3 is 1. The molecule has 4 unspecified atom stereocenters. The number of rotatable bonds is 9. The van der Waals surface area contributed by atoms with Gasteiger partial charge in [-0.25, -0.2) is 13.8 Å². The van der Waals surface area contributed by atoms with Crippen molar-refractivity contribution in [3.8, 4) is 41.2 Å². The van der Waals surface area contributed by atoms with E-state index in [1.807, 2.05) is 0 Å². The molecule has 10 nitrogen and oxygen atoms in total. The third-order valence-corrected chi connectivity index (χ3v) is 12.4. The number of piperazine rings is 1. The Morgan fingerprint density at radius 1 is 1.02 bits per heavy atom. The van der Waals surface area contributed by atoms with Crippen LogP contribution in [0.1, 0.15) is 50.5 Å². The highest BCUT2D eigenvalue weighted by molar-refractivity contribution is 6.04. The molecule has 2 aromatic heterocycles. The number of aromatic nitrogens is 3. The summed E-state index contributed by atoms with van der Waals surface area (Å²) in [5, 5.41) is 11.7. The van der Waals surface area contributed by atoms with Crippen LogP contribution >= 0.6 is 0 Å². The van der Waals surface area contributed by atoms with E-state index < -0.39 is 11.6 Å². The summed E-state index contributed by atoms with van der Waals surface area (Å²) >= 11 is 0. The smallest absolute Gasteiger partial charge is 0.319 e. The molecule has 5 heterocycles. The summed E-state index contributed by atoms with van der Waals surface area (Å²) in [6.07, 6.45) is 12.9. The van der Waals surface area contributed by atoms with Crippen molar-refractivity contribution in [3.05, 3.63) is 41.5 Å². The second kappa shape index (κ2) is 11.6. The van der Waals surface area contributed by atoms with Gasteiger partial charge >= 0.3 is 6.01 Å². The zero-order valence-corrected chi connectivity index (χ0v) is 29.1. The van der Waals surface area contributed by atoms with Crippen molar-refractivity contribution in [1.82, 2.24) is 24.8 Å². The average molecular weight is 707 g/mol. The highest BCUT2D eigenvalue weighted by atomic mass is 19.1. The molecule has 4 aromatic rings. The van der Waals surface area contributed by atoms with Crippen molar-refractivity contribution in [2.45, 2.75) is 57.0 Å². The normalized spacial score (nSPS) is 25.7. The lowest BCUT2D eigenvalue weighted by Gasteiger charge is -2.42. The van der Waals surface area contributed by atoms with E-state index in [0.29, 0.717) is 30.9 Å². The molecule has 12 heteroatoms. The summed E-state index contributed by atoms with van der Waals surface area (Å²) in [5.74, 6) is 3.35. The van der Waals surface area contributed by atoms with Crippen molar-refractivity contribution in [1.29, 1.82) is 0 Å². The number of fused-ring (bicyclic) bond motifs is 5. The Kier molecular flexibility index (Phi) is 7.14. The number of phenols is 1. The molecule has 1 N–H and O–H groups in total. The van der Waals surface area contributed by atoms with Crippen LogP contribution in [0.4, 0.5) is 14.6 Å². The Morgan fingerprint density at radius 2 is 1.77 bits per heavy atom. The van der Waals surface area contributed by atoms with E-state index >= 15 is 8.78 Å². The minimum atomic E-state index is -0.800. The van der Waals surface area contributed by atoms with Crippen molar-refractivity contribution in [2.24, 2.45) is 23.2 Å². The van der Waals surface area contributed by atoms with Crippen molar-refractivity contribution in [2.75, 3.05) is 51.3 Å². The fourth-order valence-electron chi connectivity index (χ4n) is 9.29. The lowest BCUT2D eigenvalue weighted by atomic mass is 9.95. The molecular formula is C40H40F2N6O4. The molecule has 2 bridgehead atoms. The SMILES string of the molecule is C#Cc1c(F)ccc2cc(O)cc(-c3nc(OC)c4c(N5CC6CCC(C5)N6C(=O)C5CC5)nc(OCC5(CN6CC7CC7C6)CC5)nc4c3F)c12. The van der Waals surface area contributed by atoms with Crippen LogP contribution in [0.2, 0.25) is 0 Å². The quantitative estimate of drug-likeness (QED) is 0.226. The van der Waals surface area contributed by atoms with Gasteiger partial charge in [0.25, 0.3) is 0 Å². The van der Waals surface area contributed by atoms with E-state index in [1.54, 1.807) is 0 Å². The summed E-state index contributed by atoms with van der Waals surface area (Å²) in [4.78, 5) is 34.3. The third kappa shape index (κ3) is 5.22. The van der Waals surface area contributed by atoms with Crippen LogP contribution in [0, 0.1) is 47.1 Å². The minimum Gasteiger partial charge on any atom is -0.508 e. The first-order chi connectivity index (χ1) is 25.2. The van der Waals surface area contributed by atoms with E-state index in [0.717, 1.165) is 70.0 Å². The first-order valence-corrected chi connectivity index (χ1v) is 18.5. The van der Waals surface area contributed by atoms with Crippen LogP contribution in [-0.2, 0) is 4.79 Å². The standard InChI is InChI=1S/C40H40F2N6O4/c1-3-28-30(41)9-6-22-13-27(49)14-29(31(22)28)34-33(42)35-32(37(43-34)51-2)36(47-17-25-7-8-26(18-47)48(25)38(50)21-4-5-21)45-39(44-35)52-20-40(10-11-40)19-46-15-23-12-24(23)16-46/h1,6,9,13-14,21,23-26,49H,4-5,7-8,10-12,15-20H2,2H3. The van der Waals surface area contributed by atoms with Crippen LogP contribution < -0.4 is 14.4 Å². The highest BCUT2D eigenvalue weighted by Gasteiger charge is 2.51. The third-order valence-electron chi connectivity index (χ3n) is 12.4. The summed E-state index contributed by atoms with van der Waals surface area (Å²) in [6.45, 7) is 4.73. The van der Waals surface area contributed by atoms with Crippen LogP contribution in [0.3, 0.4) is 0 Å². The topological polar surface area (TPSA) is 104 Å². The number of piperidine rings is 1. The maximum Gasteiger partial charge on any atom is 0.319 e. The largest absolute Gasteiger partial charge is 0.508 e. The number of phenolic OH excluding ortho intramolecular Hbond substituents is 1. The number of likely N-dealkylation sites (tertiary alicyclic amines) is 1. The maximum atomic E-state index is 17.3. The van der Waals surface area contributed by atoms with Crippen molar-refractivity contribution < 1.29 is 28.2 Å². The number of hydrogen-bond acceptors (Lipinski definition) is 9. The van der Waals surface area contributed by atoms with E-state index in [2.05, 4.69) is 30.6 Å². The number of carbonyl (C=O) groups excluding carboxylic acids is 1. The molecule has 4 atom stereocenters. The molecular weight excluding hydrogens is 666 g/mol. The molecule has 3 saturated heterocycles. The number of nitrogens with zero attached hydrogens (tertiary/aromatic N) is 6. The van der Waals surface area contributed by atoms with Gasteiger partial charge in [0.2, 0.25) is 11.8 Å². The van der Waals surface area contributed by atoms with Gasteiger partial charge in [-0.1, -0.05) is 12.0 Å². The molecule has 2 aromatic carbocycles. The maximum absolute atomic E-state index is 17.3. The number of carbonyl (C=O) groups is 1. The first kappa shape index (κ1) is 31.9. The van der Waals surface area contributed by atoms with Crippen molar-refractivity contribution >= 4 is 33.4 Å². The van der Waals surface area contributed by atoms with E-state index in [4.69, 9.17) is 20.9 Å². The Balaban J connectivity index is 1.09. The molecule has 268 valence electrons. The molecule has 3 aliphatic heterocycles. The van der Waals surface area contributed by atoms with Gasteiger partial charge in [-0.15, -0.1) is 6.42 Å².